The standard InChI is InChI=1S/C16H28N4O9/c1-6(2)11(15(27)20-12(7(3)22)16(28)29)19-14(26)9(4-10(23)24)18-13(25)8(17)5-21/h6-9,11-12,21-22H,4-5,17H2,1-3H3,(H,18,25)(H,19,26)(H,20,27)(H,23,24)(H,28,29). The lowest BCUT2D eigenvalue weighted by Crippen LogP contribution is -2.60. The minimum Gasteiger partial charge on any atom is -0.481 e. The van der Waals surface area contributed by atoms with E-state index in [9.17, 15) is 29.1 Å². The Morgan fingerprint density at radius 2 is 1.38 bits per heavy atom. The molecule has 5 unspecified atom stereocenters. The first-order valence-electron chi connectivity index (χ1n) is 8.72. The number of rotatable bonds is 12. The fraction of sp³-hybridized carbons (Fsp3) is 0.688. The summed E-state index contributed by atoms with van der Waals surface area (Å²) in [5.74, 6) is -6.38. The van der Waals surface area contributed by atoms with Crippen molar-refractivity contribution in [2.75, 3.05) is 6.61 Å². The van der Waals surface area contributed by atoms with Gasteiger partial charge in [0.1, 0.15) is 18.1 Å². The van der Waals surface area contributed by atoms with Crippen LogP contribution in [0.5, 0.6) is 0 Å². The van der Waals surface area contributed by atoms with Crippen LogP contribution in [0.3, 0.4) is 0 Å². The molecule has 0 aromatic heterocycles. The number of nitrogens with one attached hydrogen (secondary N) is 3. The molecule has 0 aromatic rings. The number of nitrogens with two attached hydrogens (primary N) is 1. The molecule has 13 nitrogen and oxygen atoms in total. The lowest BCUT2D eigenvalue weighted by atomic mass is 10.0. The number of carboxylic acid groups (broad SMARTS) is 2. The summed E-state index contributed by atoms with van der Waals surface area (Å²) >= 11 is 0. The summed E-state index contributed by atoms with van der Waals surface area (Å²) in [5, 5.41) is 42.8. The molecule has 0 bridgehead atoms. The number of aliphatic carboxylic acids is 2. The minimum atomic E-state index is -1.63. The third kappa shape index (κ3) is 8.85. The third-order valence-electron chi connectivity index (χ3n) is 3.84. The molecule has 0 heterocycles. The van der Waals surface area contributed by atoms with Crippen molar-refractivity contribution >= 4 is 29.7 Å². The summed E-state index contributed by atoms with van der Waals surface area (Å²) in [5.41, 5.74) is 5.32. The summed E-state index contributed by atoms with van der Waals surface area (Å²) in [7, 11) is 0. The largest absolute Gasteiger partial charge is 0.481 e. The quantitative estimate of drug-likeness (QED) is 0.154. The van der Waals surface area contributed by atoms with Crippen LogP contribution in [-0.2, 0) is 24.0 Å². The molecule has 5 atom stereocenters. The smallest absolute Gasteiger partial charge is 0.328 e. The van der Waals surface area contributed by atoms with Crippen LogP contribution in [0.2, 0.25) is 0 Å². The van der Waals surface area contributed by atoms with Gasteiger partial charge in [-0.15, -0.1) is 0 Å². The molecule has 0 spiro atoms. The summed E-state index contributed by atoms with van der Waals surface area (Å²) in [6.45, 7) is 3.50. The maximum absolute atomic E-state index is 12.5. The Morgan fingerprint density at radius 1 is 0.862 bits per heavy atom. The highest BCUT2D eigenvalue weighted by Gasteiger charge is 2.33. The summed E-state index contributed by atoms with van der Waals surface area (Å²) in [4.78, 5) is 58.8. The van der Waals surface area contributed by atoms with Gasteiger partial charge in [-0.2, -0.15) is 0 Å². The van der Waals surface area contributed by atoms with E-state index in [0.717, 1.165) is 6.92 Å². The van der Waals surface area contributed by atoms with Gasteiger partial charge in [0.15, 0.2) is 6.04 Å². The number of hydrogen-bond donors (Lipinski definition) is 8. The SMILES string of the molecule is CC(C)C(NC(=O)C(CC(=O)O)NC(=O)C(N)CO)C(=O)NC(C(=O)O)C(C)O. The van der Waals surface area contributed by atoms with Gasteiger partial charge < -0.3 is 42.1 Å². The zero-order valence-corrected chi connectivity index (χ0v) is 16.3. The maximum atomic E-state index is 12.5. The van der Waals surface area contributed by atoms with Crippen molar-refractivity contribution in [2.45, 2.75) is 57.5 Å². The second kappa shape index (κ2) is 11.9. The van der Waals surface area contributed by atoms with E-state index in [-0.39, 0.29) is 0 Å². The molecule has 0 rings (SSSR count). The molecule has 13 heteroatoms. The number of carbonyl (C=O) groups is 5. The first-order chi connectivity index (χ1) is 13.3. The molecule has 0 aromatic carbocycles. The van der Waals surface area contributed by atoms with Crippen molar-refractivity contribution in [3.8, 4) is 0 Å². The van der Waals surface area contributed by atoms with Gasteiger partial charge in [-0.3, -0.25) is 19.2 Å². The molecule has 9 N–H and O–H groups in total. The van der Waals surface area contributed by atoms with E-state index >= 15 is 0 Å². The summed E-state index contributed by atoms with van der Waals surface area (Å²) in [6, 6.07) is -5.90. The van der Waals surface area contributed by atoms with Crippen molar-refractivity contribution in [1.29, 1.82) is 0 Å². The van der Waals surface area contributed by atoms with Crippen molar-refractivity contribution in [2.24, 2.45) is 11.7 Å². The predicted molar refractivity (Wildman–Crippen MR) is 97.3 cm³/mol. The molecule has 0 aliphatic rings. The number of carboxylic acids is 2. The highest BCUT2D eigenvalue weighted by Crippen LogP contribution is 2.06. The van der Waals surface area contributed by atoms with E-state index < -0.39 is 78.9 Å². The molecule has 0 radical (unpaired) electrons. The van der Waals surface area contributed by atoms with Gasteiger partial charge in [-0.25, -0.2) is 4.79 Å². The Hall–Kier alpha value is -2.77. The number of carbonyl (C=O) groups excluding carboxylic acids is 3. The van der Waals surface area contributed by atoms with Gasteiger partial charge in [0.05, 0.1) is 19.1 Å². The normalized spacial score (nSPS) is 16.1. The molecular formula is C16H28N4O9. The van der Waals surface area contributed by atoms with E-state index in [2.05, 4.69) is 16.0 Å². The Morgan fingerprint density at radius 3 is 1.76 bits per heavy atom. The van der Waals surface area contributed by atoms with Gasteiger partial charge in [0.2, 0.25) is 17.7 Å². The van der Waals surface area contributed by atoms with E-state index in [1.807, 2.05) is 0 Å². The average molecular weight is 420 g/mol. The second-order valence-electron chi connectivity index (χ2n) is 6.74. The topological polar surface area (TPSA) is 228 Å². The fourth-order valence-corrected chi connectivity index (χ4v) is 2.17. The minimum absolute atomic E-state index is 0.553. The number of amides is 3. The molecule has 0 fully saturated rings. The van der Waals surface area contributed by atoms with Gasteiger partial charge in [0, 0.05) is 0 Å². The van der Waals surface area contributed by atoms with Crippen LogP contribution < -0.4 is 21.7 Å². The zero-order chi connectivity index (χ0) is 22.9. The Labute approximate surface area is 166 Å². The number of aliphatic hydroxyl groups is 2. The average Bonchev–Trinajstić information content (AvgIpc) is 2.60. The van der Waals surface area contributed by atoms with Gasteiger partial charge in [-0.1, -0.05) is 13.8 Å². The molecule has 0 saturated heterocycles. The van der Waals surface area contributed by atoms with Gasteiger partial charge in [0.25, 0.3) is 0 Å². The van der Waals surface area contributed by atoms with Crippen LogP contribution in [0.25, 0.3) is 0 Å². The molecule has 0 aliphatic carbocycles. The van der Waals surface area contributed by atoms with Crippen LogP contribution in [0.4, 0.5) is 0 Å². The lowest BCUT2D eigenvalue weighted by molar-refractivity contribution is -0.146. The highest BCUT2D eigenvalue weighted by molar-refractivity contribution is 5.95. The second-order valence-corrected chi connectivity index (χ2v) is 6.74. The molecular weight excluding hydrogens is 392 g/mol. The number of aliphatic hydroxyl groups excluding tert-OH is 2. The monoisotopic (exact) mass is 420 g/mol. The molecule has 0 aliphatic heterocycles. The third-order valence-corrected chi connectivity index (χ3v) is 3.84. The molecule has 166 valence electrons. The summed E-state index contributed by atoms with van der Waals surface area (Å²) < 4.78 is 0. The first kappa shape index (κ1) is 26.2. The predicted octanol–water partition coefficient (Wildman–Crippen LogP) is -3.64. The zero-order valence-electron chi connectivity index (χ0n) is 16.3. The Bertz CT molecular complexity index is 624. The van der Waals surface area contributed by atoms with Gasteiger partial charge in [-0.05, 0) is 12.8 Å². The van der Waals surface area contributed by atoms with E-state index in [4.69, 9.17) is 21.1 Å². The first-order valence-corrected chi connectivity index (χ1v) is 8.72. The highest BCUT2D eigenvalue weighted by atomic mass is 16.4. The van der Waals surface area contributed by atoms with Crippen molar-refractivity contribution in [3.05, 3.63) is 0 Å². The molecule has 3 amide bonds. The summed E-state index contributed by atoms with van der Waals surface area (Å²) in [6.07, 6.45) is -2.24. The lowest BCUT2D eigenvalue weighted by Gasteiger charge is -2.27. The van der Waals surface area contributed by atoms with Crippen LogP contribution >= 0.6 is 0 Å². The van der Waals surface area contributed by atoms with Gasteiger partial charge >= 0.3 is 11.9 Å². The fourth-order valence-electron chi connectivity index (χ4n) is 2.17. The van der Waals surface area contributed by atoms with Crippen LogP contribution in [0.15, 0.2) is 0 Å². The van der Waals surface area contributed by atoms with E-state index in [0.29, 0.717) is 0 Å². The maximum Gasteiger partial charge on any atom is 0.328 e. The Balaban J connectivity index is 5.41. The molecule has 29 heavy (non-hydrogen) atoms. The molecule has 0 saturated carbocycles. The Kier molecular flexibility index (Phi) is 10.8. The van der Waals surface area contributed by atoms with Crippen LogP contribution in [0.1, 0.15) is 27.2 Å². The van der Waals surface area contributed by atoms with E-state index in [1.165, 1.54) is 13.8 Å². The van der Waals surface area contributed by atoms with Crippen molar-refractivity contribution < 1.29 is 44.4 Å². The van der Waals surface area contributed by atoms with E-state index in [1.54, 1.807) is 0 Å². The van der Waals surface area contributed by atoms with Crippen molar-refractivity contribution in [3.63, 3.8) is 0 Å². The van der Waals surface area contributed by atoms with Crippen molar-refractivity contribution in [1.82, 2.24) is 16.0 Å². The van der Waals surface area contributed by atoms with Crippen LogP contribution in [-0.4, -0.2) is 87.0 Å². The number of hydrogen-bond acceptors (Lipinski definition) is 8. The van der Waals surface area contributed by atoms with Crippen LogP contribution in [0, 0.1) is 5.92 Å².